The minimum Gasteiger partial charge on any atom is -0.466 e. The van der Waals surface area contributed by atoms with Gasteiger partial charge in [0.1, 0.15) is 0 Å². The quantitative estimate of drug-likeness (QED) is 0.0320. The van der Waals surface area contributed by atoms with Crippen molar-refractivity contribution in [3.8, 4) is 0 Å². The summed E-state index contributed by atoms with van der Waals surface area (Å²) in [6.45, 7) is 4.86. The van der Waals surface area contributed by atoms with Crippen LogP contribution in [0, 0.1) is 0 Å². The first-order valence-electron chi connectivity index (χ1n) is 32.8. The molecular weight excluding hydrogens is 899 g/mol. The number of rotatable bonds is 61. The van der Waals surface area contributed by atoms with Crippen LogP contribution < -0.4 is 5.32 Å². The van der Waals surface area contributed by atoms with Crippen LogP contribution in [0.15, 0.2) is 36.5 Å². The fraction of sp³-hybridized carbons (Fsp3) is 0.881. The number of aliphatic hydroxyl groups excluding tert-OH is 2. The summed E-state index contributed by atoms with van der Waals surface area (Å²) in [4.78, 5) is 24.5. The van der Waals surface area contributed by atoms with Crippen LogP contribution in [0.4, 0.5) is 0 Å². The van der Waals surface area contributed by atoms with Gasteiger partial charge in [-0.05, 0) is 57.8 Å². The Morgan fingerprint density at radius 3 is 1.10 bits per heavy atom. The number of hydrogen-bond acceptors (Lipinski definition) is 5. The minimum atomic E-state index is -0.843. The van der Waals surface area contributed by atoms with E-state index in [1.807, 2.05) is 6.08 Å². The summed E-state index contributed by atoms with van der Waals surface area (Å²) in [6.07, 6.45) is 79.2. The summed E-state index contributed by atoms with van der Waals surface area (Å²) in [6, 6.07) is -0.626. The predicted molar refractivity (Wildman–Crippen MR) is 319 cm³/mol. The molecule has 0 rings (SSSR count). The fourth-order valence-corrected chi connectivity index (χ4v) is 10.1. The maximum atomic E-state index is 12.5. The topological polar surface area (TPSA) is 95.9 Å². The van der Waals surface area contributed by atoms with Crippen LogP contribution in [0.25, 0.3) is 0 Å². The third kappa shape index (κ3) is 59.2. The third-order valence-electron chi connectivity index (χ3n) is 15.1. The Labute approximate surface area is 455 Å². The van der Waals surface area contributed by atoms with E-state index in [4.69, 9.17) is 4.74 Å². The zero-order valence-corrected chi connectivity index (χ0v) is 49.1. The van der Waals surface area contributed by atoms with Crippen LogP contribution in [0.3, 0.4) is 0 Å². The number of unbranched alkanes of at least 4 members (excludes halogenated alkanes) is 46. The maximum Gasteiger partial charge on any atom is 0.305 e. The summed E-state index contributed by atoms with van der Waals surface area (Å²) in [5.41, 5.74) is 0. The van der Waals surface area contributed by atoms with Crippen molar-refractivity contribution in [1.29, 1.82) is 0 Å². The Balaban J connectivity index is 3.37. The number of aliphatic hydroxyl groups is 2. The molecule has 0 fully saturated rings. The van der Waals surface area contributed by atoms with E-state index in [2.05, 4.69) is 43.5 Å². The van der Waals surface area contributed by atoms with Crippen LogP contribution in [0.1, 0.15) is 354 Å². The number of hydrogen-bond donors (Lipinski definition) is 3. The first-order valence-corrected chi connectivity index (χ1v) is 32.8. The highest BCUT2D eigenvalue weighted by molar-refractivity contribution is 5.76. The van der Waals surface area contributed by atoms with Gasteiger partial charge in [-0.25, -0.2) is 0 Å². The molecule has 0 radical (unpaired) electrons. The van der Waals surface area contributed by atoms with Crippen LogP contribution >= 0.6 is 0 Å². The number of ether oxygens (including phenoxy) is 1. The molecule has 0 aliphatic carbocycles. The van der Waals surface area contributed by atoms with Crippen LogP contribution in [-0.2, 0) is 14.3 Å². The fourth-order valence-electron chi connectivity index (χ4n) is 10.1. The lowest BCUT2D eigenvalue weighted by atomic mass is 10.0. The smallest absolute Gasteiger partial charge is 0.305 e. The van der Waals surface area contributed by atoms with E-state index in [-0.39, 0.29) is 18.5 Å². The monoisotopic (exact) mass is 1030 g/mol. The van der Waals surface area contributed by atoms with Gasteiger partial charge in [-0.15, -0.1) is 0 Å². The van der Waals surface area contributed by atoms with Crippen LogP contribution in [-0.4, -0.2) is 47.4 Å². The van der Waals surface area contributed by atoms with Gasteiger partial charge >= 0.3 is 5.97 Å². The number of esters is 1. The number of allylic oxidation sites excluding steroid dienone is 5. The predicted octanol–water partition coefficient (Wildman–Crippen LogP) is 20.8. The molecule has 0 saturated heterocycles. The van der Waals surface area contributed by atoms with E-state index < -0.39 is 12.1 Å². The highest BCUT2D eigenvalue weighted by Gasteiger charge is 2.18. The summed E-state index contributed by atoms with van der Waals surface area (Å²) in [5, 5.41) is 23.2. The molecule has 0 aromatic heterocycles. The molecule has 0 heterocycles. The van der Waals surface area contributed by atoms with Gasteiger partial charge in [-0.2, -0.15) is 0 Å². The summed E-state index contributed by atoms with van der Waals surface area (Å²) in [7, 11) is 0. The van der Waals surface area contributed by atoms with Gasteiger partial charge in [0.25, 0.3) is 0 Å². The van der Waals surface area contributed by atoms with Gasteiger partial charge in [0, 0.05) is 12.8 Å². The van der Waals surface area contributed by atoms with E-state index in [0.717, 1.165) is 51.4 Å². The molecule has 430 valence electrons. The molecule has 0 aliphatic rings. The normalized spacial score (nSPS) is 12.8. The number of carbonyl (C=O) groups is 2. The number of nitrogens with one attached hydrogen (secondary N) is 1. The van der Waals surface area contributed by atoms with Gasteiger partial charge in [-0.3, -0.25) is 9.59 Å². The molecule has 0 aromatic rings. The first kappa shape index (κ1) is 71.1. The second kappa shape index (κ2) is 62.6. The second-order valence-electron chi connectivity index (χ2n) is 22.5. The highest BCUT2D eigenvalue weighted by Crippen LogP contribution is 2.18. The van der Waals surface area contributed by atoms with Crippen molar-refractivity contribution >= 4 is 11.9 Å². The Morgan fingerprint density at radius 2 is 0.712 bits per heavy atom. The Bertz CT molecular complexity index is 1180. The standard InChI is InChI=1S/C67H127NO5/c1-3-5-7-9-11-13-15-17-18-32-36-39-43-47-51-55-59-65(70)64(63-69)68-66(71)60-56-52-48-44-40-37-33-30-28-26-24-22-20-19-21-23-25-27-29-31-34-38-42-46-50-54-58-62-73-67(72)61-57-53-49-45-41-35-16-14-12-10-8-6-4-2/h8,10,14,16,55,59,64-65,69-70H,3-7,9,11-13,15,17-54,56-58,60-63H2,1-2H3,(H,68,71)/b10-8-,16-14-,59-55+. The SMILES string of the molecule is CCC/C=C\C/C=C\CCCCCCCC(=O)OCCCCCCCCCCCCCCCCCCCCCCCCCCCCCC(=O)NC(CO)C(O)/C=C/CCCCCCCCCCCCCCCC. The van der Waals surface area contributed by atoms with E-state index >= 15 is 0 Å². The first-order chi connectivity index (χ1) is 36.0. The maximum absolute atomic E-state index is 12.5. The molecule has 1 amide bonds. The van der Waals surface area contributed by atoms with Gasteiger partial charge in [0.2, 0.25) is 5.91 Å². The molecule has 0 saturated carbocycles. The van der Waals surface area contributed by atoms with E-state index in [9.17, 15) is 19.8 Å². The molecule has 2 unspecified atom stereocenters. The zero-order chi connectivity index (χ0) is 52.9. The number of carbonyl (C=O) groups excluding carboxylic acids is 2. The van der Waals surface area contributed by atoms with Crippen molar-refractivity contribution in [2.24, 2.45) is 0 Å². The molecular formula is C67H127NO5. The molecule has 0 bridgehead atoms. The lowest BCUT2D eigenvalue weighted by molar-refractivity contribution is -0.143. The Hall–Kier alpha value is -1.92. The second-order valence-corrected chi connectivity index (χ2v) is 22.5. The summed E-state index contributed by atoms with van der Waals surface area (Å²) < 4.78 is 5.47. The molecule has 2 atom stereocenters. The van der Waals surface area contributed by atoms with Crippen molar-refractivity contribution in [2.45, 2.75) is 366 Å². The molecule has 0 aliphatic heterocycles. The van der Waals surface area contributed by atoms with Crippen molar-refractivity contribution < 1.29 is 24.5 Å². The highest BCUT2D eigenvalue weighted by atomic mass is 16.5. The van der Waals surface area contributed by atoms with E-state index in [1.54, 1.807) is 6.08 Å². The van der Waals surface area contributed by atoms with Crippen LogP contribution in [0.5, 0.6) is 0 Å². The molecule has 73 heavy (non-hydrogen) atoms. The van der Waals surface area contributed by atoms with Gasteiger partial charge in [-0.1, -0.05) is 320 Å². The average Bonchev–Trinajstić information content (AvgIpc) is 3.39. The van der Waals surface area contributed by atoms with Crippen molar-refractivity contribution in [1.82, 2.24) is 5.32 Å². The zero-order valence-electron chi connectivity index (χ0n) is 49.1. The molecule has 6 nitrogen and oxygen atoms in total. The van der Waals surface area contributed by atoms with Gasteiger partial charge in [0.05, 0.1) is 25.4 Å². The lowest BCUT2D eigenvalue weighted by Crippen LogP contribution is -2.45. The molecule has 0 aromatic carbocycles. The van der Waals surface area contributed by atoms with E-state index in [1.165, 1.54) is 276 Å². The molecule has 6 heteroatoms. The average molecular weight is 1030 g/mol. The summed E-state index contributed by atoms with van der Waals surface area (Å²) in [5.74, 6) is -0.0610. The van der Waals surface area contributed by atoms with E-state index in [0.29, 0.717) is 19.4 Å². The van der Waals surface area contributed by atoms with Gasteiger partial charge in [0.15, 0.2) is 0 Å². The molecule has 3 N–H and O–H groups in total. The number of amides is 1. The van der Waals surface area contributed by atoms with Crippen molar-refractivity contribution in [3.63, 3.8) is 0 Å². The van der Waals surface area contributed by atoms with Crippen molar-refractivity contribution in [2.75, 3.05) is 13.2 Å². The lowest BCUT2D eigenvalue weighted by Gasteiger charge is -2.20. The largest absolute Gasteiger partial charge is 0.466 e. The third-order valence-corrected chi connectivity index (χ3v) is 15.1. The minimum absolute atomic E-state index is 0.00236. The van der Waals surface area contributed by atoms with Gasteiger partial charge < -0.3 is 20.3 Å². The Kier molecular flexibility index (Phi) is 61.0. The Morgan fingerprint density at radius 1 is 0.384 bits per heavy atom. The summed E-state index contributed by atoms with van der Waals surface area (Å²) >= 11 is 0. The van der Waals surface area contributed by atoms with Crippen molar-refractivity contribution in [3.05, 3.63) is 36.5 Å². The van der Waals surface area contributed by atoms with Crippen LogP contribution in [0.2, 0.25) is 0 Å². The molecule has 0 spiro atoms.